The predicted molar refractivity (Wildman–Crippen MR) is 162 cm³/mol. The van der Waals surface area contributed by atoms with Gasteiger partial charge in [0.1, 0.15) is 6.17 Å². The average Bonchev–Trinajstić information content (AvgIpc) is 3.50. The first-order chi connectivity index (χ1) is 20.3. The van der Waals surface area contributed by atoms with Crippen LogP contribution in [-0.4, -0.2) is 42.3 Å². The molecule has 1 nitrogen and oxygen atoms in total. The maximum atomic E-state index is 16.1. The molecular weight excluding hydrogens is 584 g/mol. The number of hydrogen-bond donors (Lipinski definition) is 0. The molecule has 1 aromatic carbocycles. The van der Waals surface area contributed by atoms with Crippen LogP contribution in [0.3, 0.4) is 0 Å². The fourth-order valence-electron chi connectivity index (χ4n) is 9.76. The Morgan fingerprint density at radius 2 is 1.70 bits per heavy atom. The van der Waals surface area contributed by atoms with Crippen LogP contribution >= 0.6 is 11.6 Å². The number of benzene rings is 1. The lowest BCUT2D eigenvalue weighted by Crippen LogP contribution is -2.50. The van der Waals surface area contributed by atoms with E-state index in [-0.39, 0.29) is 17.8 Å². The van der Waals surface area contributed by atoms with Gasteiger partial charge in [0.05, 0.1) is 0 Å². The molecule has 0 N–H and O–H groups in total. The standard InChI is InChI=1S/C35H50ClF6N/c1-23-16-17-28-31-24(21-27-26(14-9-15-29(27)36)32(31)30(37)22-33(23,28)2)11-5-4-8-19-43-20-10-13-25(43)12-6-3-7-18-34(38,39)35(40,41)42/h9,14-15,23-25,28,30-32H,3-8,10-13,16-22H2,1-2H3/t23-,24+,25+,28-,30-,31-,32-,33+/m0/s1. The van der Waals surface area contributed by atoms with Crippen molar-refractivity contribution in [2.75, 3.05) is 13.1 Å². The number of hydrogen-bond acceptors (Lipinski definition) is 1. The van der Waals surface area contributed by atoms with E-state index < -0.39 is 24.7 Å². The van der Waals surface area contributed by atoms with Gasteiger partial charge in [-0.3, -0.25) is 0 Å². The summed E-state index contributed by atoms with van der Waals surface area (Å²) in [4.78, 5) is 2.50. The Bertz CT molecular complexity index is 1080. The molecule has 2 saturated carbocycles. The minimum atomic E-state index is -5.45. The second-order valence-corrected chi connectivity index (χ2v) is 15.1. The summed E-state index contributed by atoms with van der Waals surface area (Å²) in [6, 6.07) is 6.49. The molecule has 1 saturated heterocycles. The zero-order valence-corrected chi connectivity index (χ0v) is 26.6. The van der Waals surface area contributed by atoms with E-state index in [1.165, 1.54) is 18.4 Å². The molecule has 244 valence electrons. The van der Waals surface area contributed by atoms with Crippen LogP contribution in [0.4, 0.5) is 26.3 Å². The van der Waals surface area contributed by atoms with Gasteiger partial charge in [-0.05, 0) is 124 Å². The Labute approximate surface area is 259 Å². The molecule has 5 rings (SSSR count). The number of fused-ring (bicyclic) bond motifs is 5. The second kappa shape index (κ2) is 13.4. The van der Waals surface area contributed by atoms with Gasteiger partial charge < -0.3 is 4.90 Å². The molecule has 43 heavy (non-hydrogen) atoms. The highest BCUT2D eigenvalue weighted by atomic mass is 35.5. The third-order valence-corrected chi connectivity index (χ3v) is 12.6. The Hall–Kier alpha value is -0.950. The van der Waals surface area contributed by atoms with Crippen molar-refractivity contribution < 1.29 is 26.3 Å². The number of halogens is 7. The third-order valence-electron chi connectivity index (χ3n) is 12.3. The van der Waals surface area contributed by atoms with Gasteiger partial charge >= 0.3 is 12.1 Å². The van der Waals surface area contributed by atoms with E-state index in [0.29, 0.717) is 49.0 Å². The highest BCUT2D eigenvalue weighted by molar-refractivity contribution is 6.31. The fraction of sp³-hybridized carbons (Fsp3) is 0.829. The first kappa shape index (κ1) is 33.4. The SMILES string of the molecule is C[C@H]1CC[C@H]2[C@@H]3[C@H](CCCCCN4CCC[C@H]4CCCCCC(F)(F)C(F)(F)F)Cc4c(Cl)cccc4[C@H]3[C@@H](F)C[C@]12C. The fourth-order valence-corrected chi connectivity index (χ4v) is 10.0. The Balaban J connectivity index is 1.10. The van der Waals surface area contributed by atoms with Crippen LogP contribution in [0, 0.1) is 29.1 Å². The van der Waals surface area contributed by atoms with Crippen molar-refractivity contribution in [3.8, 4) is 0 Å². The quantitative estimate of drug-likeness (QED) is 0.163. The molecule has 1 heterocycles. The van der Waals surface area contributed by atoms with Gasteiger partial charge in [-0.25, -0.2) is 4.39 Å². The van der Waals surface area contributed by atoms with E-state index in [0.717, 1.165) is 75.0 Å². The first-order valence-corrected chi connectivity index (χ1v) is 17.3. The van der Waals surface area contributed by atoms with Crippen LogP contribution in [0.5, 0.6) is 0 Å². The molecular formula is C35H50ClF6N. The van der Waals surface area contributed by atoms with Crippen molar-refractivity contribution in [3.63, 3.8) is 0 Å². The van der Waals surface area contributed by atoms with Crippen molar-refractivity contribution in [3.05, 3.63) is 34.3 Å². The molecule has 1 aliphatic heterocycles. The normalized spacial score (nSPS) is 34.7. The molecule has 0 bridgehead atoms. The zero-order valence-electron chi connectivity index (χ0n) is 25.9. The van der Waals surface area contributed by atoms with Crippen LogP contribution < -0.4 is 0 Å². The summed E-state index contributed by atoms with van der Waals surface area (Å²) >= 11 is 6.70. The van der Waals surface area contributed by atoms with Crippen molar-refractivity contribution in [2.24, 2.45) is 29.1 Å². The van der Waals surface area contributed by atoms with Crippen molar-refractivity contribution in [2.45, 2.75) is 140 Å². The van der Waals surface area contributed by atoms with E-state index >= 15 is 4.39 Å². The number of likely N-dealkylation sites (tertiary alicyclic amines) is 1. The summed E-state index contributed by atoms with van der Waals surface area (Å²) in [7, 11) is 0. The number of nitrogens with zero attached hydrogens (tertiary/aromatic N) is 1. The van der Waals surface area contributed by atoms with E-state index in [2.05, 4.69) is 24.8 Å². The first-order valence-electron chi connectivity index (χ1n) is 16.9. The molecule has 0 aromatic heterocycles. The summed E-state index contributed by atoms with van der Waals surface area (Å²) in [5, 5.41) is 0.787. The van der Waals surface area contributed by atoms with Gasteiger partial charge in [-0.2, -0.15) is 22.0 Å². The van der Waals surface area contributed by atoms with E-state index in [1.807, 2.05) is 12.1 Å². The van der Waals surface area contributed by atoms with Crippen molar-refractivity contribution in [1.82, 2.24) is 4.90 Å². The largest absolute Gasteiger partial charge is 0.453 e. The molecule has 0 radical (unpaired) electrons. The highest BCUT2D eigenvalue weighted by Crippen LogP contribution is 2.65. The molecule has 1 aromatic rings. The van der Waals surface area contributed by atoms with Crippen LogP contribution in [0.25, 0.3) is 0 Å². The zero-order chi connectivity index (χ0) is 31.0. The molecule has 0 amide bonds. The van der Waals surface area contributed by atoms with Gasteiger partial charge in [-0.1, -0.05) is 63.3 Å². The third kappa shape index (κ3) is 6.93. The molecule has 3 fully saturated rings. The van der Waals surface area contributed by atoms with Crippen LogP contribution in [-0.2, 0) is 6.42 Å². The summed E-state index contributed by atoms with van der Waals surface area (Å²) < 4.78 is 79.6. The Kier molecular flexibility index (Phi) is 10.4. The summed E-state index contributed by atoms with van der Waals surface area (Å²) in [5.74, 6) is -2.66. The van der Waals surface area contributed by atoms with Crippen molar-refractivity contribution in [1.29, 1.82) is 0 Å². The number of rotatable bonds is 12. The lowest BCUT2D eigenvalue weighted by Gasteiger charge is -2.55. The highest BCUT2D eigenvalue weighted by Gasteiger charge is 2.59. The van der Waals surface area contributed by atoms with Crippen LogP contribution in [0.1, 0.15) is 121 Å². The smallest absolute Gasteiger partial charge is 0.300 e. The second-order valence-electron chi connectivity index (χ2n) is 14.7. The molecule has 4 aliphatic rings. The Morgan fingerprint density at radius 3 is 2.47 bits per heavy atom. The van der Waals surface area contributed by atoms with Gasteiger partial charge in [0.15, 0.2) is 0 Å². The van der Waals surface area contributed by atoms with Gasteiger partial charge in [-0.15, -0.1) is 0 Å². The Morgan fingerprint density at radius 1 is 0.953 bits per heavy atom. The molecule has 8 atom stereocenters. The maximum absolute atomic E-state index is 16.1. The van der Waals surface area contributed by atoms with Gasteiger partial charge in [0, 0.05) is 23.4 Å². The van der Waals surface area contributed by atoms with E-state index in [1.54, 1.807) is 0 Å². The molecule has 0 unspecified atom stereocenters. The lowest BCUT2D eigenvalue weighted by molar-refractivity contribution is -0.284. The maximum Gasteiger partial charge on any atom is 0.453 e. The monoisotopic (exact) mass is 633 g/mol. The minimum absolute atomic E-state index is 0.0409. The topological polar surface area (TPSA) is 3.24 Å². The van der Waals surface area contributed by atoms with Crippen LogP contribution in [0.2, 0.25) is 5.02 Å². The number of alkyl halides is 6. The summed E-state index contributed by atoms with van der Waals surface area (Å²) in [6.45, 7) is 6.72. The molecule has 0 spiro atoms. The van der Waals surface area contributed by atoms with Crippen molar-refractivity contribution >= 4 is 11.6 Å². The molecule has 8 heteroatoms. The average molecular weight is 634 g/mol. The van der Waals surface area contributed by atoms with Gasteiger partial charge in [0.25, 0.3) is 0 Å². The van der Waals surface area contributed by atoms with Crippen LogP contribution in [0.15, 0.2) is 18.2 Å². The lowest BCUT2D eigenvalue weighted by atomic mass is 9.50. The molecule has 3 aliphatic carbocycles. The van der Waals surface area contributed by atoms with E-state index in [9.17, 15) is 22.0 Å². The number of unbranched alkanes of at least 4 members (excludes halogenated alkanes) is 4. The summed E-state index contributed by atoms with van der Waals surface area (Å²) in [5.41, 5.74) is 2.42. The van der Waals surface area contributed by atoms with E-state index in [4.69, 9.17) is 11.6 Å². The minimum Gasteiger partial charge on any atom is -0.300 e. The van der Waals surface area contributed by atoms with Gasteiger partial charge in [0.2, 0.25) is 0 Å². The predicted octanol–water partition coefficient (Wildman–Crippen LogP) is 11.2. The summed E-state index contributed by atoms with van der Waals surface area (Å²) in [6.07, 6.45) is 5.13.